The molecule has 0 spiro atoms. The Kier molecular flexibility index (Phi) is 8.49. The number of nitrogens with zero attached hydrogens (tertiary/aromatic N) is 1. The van der Waals surface area contributed by atoms with Crippen LogP contribution in [0.25, 0.3) is 17.0 Å². The lowest BCUT2D eigenvalue weighted by molar-refractivity contribution is -0.115. The van der Waals surface area contributed by atoms with Crippen LogP contribution in [0.3, 0.4) is 0 Å². The molecule has 3 N–H and O–H groups in total. The zero-order valence-electron chi connectivity index (χ0n) is 20.2. The number of carbonyl (C=O) groups is 1. The average molecular weight is 468 g/mol. The van der Waals surface area contributed by atoms with Crippen molar-refractivity contribution in [3.63, 3.8) is 0 Å². The minimum absolute atomic E-state index is 0.109. The van der Waals surface area contributed by atoms with Crippen LogP contribution in [0.4, 0.5) is 0 Å². The molecule has 5 heteroatoms. The standard InChI is InChI=1S/C30H33N3O2/c1-31-30(35)14-13-23-9-11-24(12-10-23)19-25-5-4-6-26(20-25)22-33(17-18-34)16-15-27-21-32-29-8-3-2-7-28(27)29/h2-14,20-21,32,34H,15-19,22H2,1H3,(H,31,35)/b14-13+. The number of aromatic nitrogens is 1. The van der Waals surface area contributed by atoms with Gasteiger partial charge < -0.3 is 15.4 Å². The molecule has 0 aliphatic rings. The number of nitrogens with one attached hydrogen (secondary N) is 2. The lowest BCUT2D eigenvalue weighted by atomic mass is 10.0. The number of fused-ring (bicyclic) bond motifs is 1. The van der Waals surface area contributed by atoms with Crippen LogP contribution in [0, 0.1) is 0 Å². The van der Waals surface area contributed by atoms with Gasteiger partial charge in [-0.25, -0.2) is 0 Å². The van der Waals surface area contributed by atoms with Gasteiger partial charge in [-0.15, -0.1) is 0 Å². The number of rotatable bonds is 11. The Hall–Kier alpha value is -3.67. The number of para-hydroxylation sites is 1. The minimum atomic E-state index is -0.109. The van der Waals surface area contributed by atoms with Crippen LogP contribution in [0.1, 0.15) is 27.8 Å². The van der Waals surface area contributed by atoms with Gasteiger partial charge in [0.25, 0.3) is 0 Å². The zero-order valence-corrected chi connectivity index (χ0v) is 20.2. The van der Waals surface area contributed by atoms with Crippen LogP contribution in [-0.4, -0.2) is 47.6 Å². The maximum Gasteiger partial charge on any atom is 0.243 e. The molecular formula is C30H33N3O2. The van der Waals surface area contributed by atoms with Crippen molar-refractivity contribution in [3.8, 4) is 0 Å². The van der Waals surface area contributed by atoms with Crippen molar-refractivity contribution in [2.45, 2.75) is 19.4 Å². The molecule has 35 heavy (non-hydrogen) atoms. The first-order valence-electron chi connectivity index (χ1n) is 12.1. The van der Waals surface area contributed by atoms with Gasteiger partial charge in [0.15, 0.2) is 0 Å². The molecule has 5 nitrogen and oxygen atoms in total. The van der Waals surface area contributed by atoms with E-state index < -0.39 is 0 Å². The van der Waals surface area contributed by atoms with Gasteiger partial charge in [0, 0.05) is 49.9 Å². The second kappa shape index (κ2) is 12.2. The molecule has 0 atom stereocenters. The summed E-state index contributed by atoms with van der Waals surface area (Å²) in [7, 11) is 1.62. The lowest BCUT2D eigenvalue weighted by Crippen LogP contribution is -2.28. The molecule has 0 aliphatic heterocycles. The number of carbonyl (C=O) groups excluding carboxylic acids is 1. The number of aliphatic hydroxyl groups excluding tert-OH is 1. The van der Waals surface area contributed by atoms with Crippen molar-refractivity contribution in [1.29, 1.82) is 0 Å². The highest BCUT2D eigenvalue weighted by atomic mass is 16.3. The largest absolute Gasteiger partial charge is 0.395 e. The summed E-state index contributed by atoms with van der Waals surface area (Å²) in [5.74, 6) is -0.109. The average Bonchev–Trinajstić information content (AvgIpc) is 3.30. The Balaban J connectivity index is 1.37. The molecule has 0 fully saturated rings. The van der Waals surface area contributed by atoms with Crippen molar-refractivity contribution < 1.29 is 9.90 Å². The Labute approximate surface area is 207 Å². The summed E-state index contributed by atoms with van der Waals surface area (Å²) in [5.41, 5.74) is 7.22. The zero-order chi connectivity index (χ0) is 24.5. The summed E-state index contributed by atoms with van der Waals surface area (Å²) in [4.78, 5) is 17.0. The van der Waals surface area contributed by atoms with E-state index in [0.29, 0.717) is 6.54 Å². The van der Waals surface area contributed by atoms with Crippen LogP contribution in [0.2, 0.25) is 0 Å². The molecule has 4 rings (SSSR count). The lowest BCUT2D eigenvalue weighted by Gasteiger charge is -2.21. The maximum atomic E-state index is 11.4. The predicted molar refractivity (Wildman–Crippen MR) is 143 cm³/mol. The van der Waals surface area contributed by atoms with E-state index in [4.69, 9.17) is 0 Å². The molecule has 0 saturated heterocycles. The van der Waals surface area contributed by atoms with E-state index in [0.717, 1.165) is 31.5 Å². The highest BCUT2D eigenvalue weighted by Gasteiger charge is 2.09. The predicted octanol–water partition coefficient (Wildman–Crippen LogP) is 4.55. The van der Waals surface area contributed by atoms with Gasteiger partial charge in [0.2, 0.25) is 5.91 Å². The summed E-state index contributed by atoms with van der Waals surface area (Å²) in [5, 5.41) is 13.5. The summed E-state index contributed by atoms with van der Waals surface area (Å²) >= 11 is 0. The molecule has 0 unspecified atom stereocenters. The monoisotopic (exact) mass is 467 g/mol. The summed E-state index contributed by atoms with van der Waals surface area (Å²) in [6.45, 7) is 2.49. The Bertz CT molecular complexity index is 1270. The van der Waals surface area contributed by atoms with Crippen molar-refractivity contribution in [1.82, 2.24) is 15.2 Å². The first-order chi connectivity index (χ1) is 17.1. The molecule has 0 bridgehead atoms. The Morgan fingerprint density at radius 2 is 1.77 bits per heavy atom. The number of benzene rings is 3. The highest BCUT2D eigenvalue weighted by Crippen LogP contribution is 2.19. The van der Waals surface area contributed by atoms with E-state index in [1.165, 1.54) is 39.2 Å². The second-order valence-electron chi connectivity index (χ2n) is 8.80. The third-order valence-electron chi connectivity index (χ3n) is 6.25. The third-order valence-corrected chi connectivity index (χ3v) is 6.25. The van der Waals surface area contributed by atoms with Crippen LogP contribution < -0.4 is 5.32 Å². The van der Waals surface area contributed by atoms with Crippen molar-refractivity contribution in [3.05, 3.63) is 113 Å². The van der Waals surface area contributed by atoms with Crippen LogP contribution in [0.5, 0.6) is 0 Å². The fourth-order valence-electron chi connectivity index (χ4n) is 4.36. The number of hydrogen-bond acceptors (Lipinski definition) is 3. The van der Waals surface area contributed by atoms with Crippen LogP contribution in [-0.2, 0) is 24.2 Å². The van der Waals surface area contributed by atoms with Crippen molar-refractivity contribution in [2.75, 3.05) is 26.7 Å². The number of aromatic amines is 1. The summed E-state index contributed by atoms with van der Waals surface area (Å²) in [6.07, 6.45) is 7.24. The van der Waals surface area contributed by atoms with E-state index >= 15 is 0 Å². The fourth-order valence-corrected chi connectivity index (χ4v) is 4.36. The first-order valence-corrected chi connectivity index (χ1v) is 12.1. The van der Waals surface area contributed by atoms with Gasteiger partial charge in [0.1, 0.15) is 0 Å². The topological polar surface area (TPSA) is 68.4 Å². The van der Waals surface area contributed by atoms with Gasteiger partial charge in [-0.3, -0.25) is 9.69 Å². The van der Waals surface area contributed by atoms with E-state index in [2.05, 4.69) is 76.0 Å². The van der Waals surface area contributed by atoms with E-state index in [-0.39, 0.29) is 12.5 Å². The Morgan fingerprint density at radius 1 is 0.971 bits per heavy atom. The van der Waals surface area contributed by atoms with Gasteiger partial charge in [0.05, 0.1) is 6.61 Å². The van der Waals surface area contributed by atoms with E-state index in [1.54, 1.807) is 7.05 Å². The molecule has 0 radical (unpaired) electrons. The smallest absolute Gasteiger partial charge is 0.243 e. The van der Waals surface area contributed by atoms with Gasteiger partial charge in [-0.05, 0) is 52.8 Å². The van der Waals surface area contributed by atoms with Gasteiger partial charge in [-0.1, -0.05) is 66.7 Å². The Morgan fingerprint density at radius 3 is 2.57 bits per heavy atom. The molecule has 1 heterocycles. The minimum Gasteiger partial charge on any atom is -0.395 e. The summed E-state index contributed by atoms with van der Waals surface area (Å²) < 4.78 is 0. The van der Waals surface area contributed by atoms with E-state index in [9.17, 15) is 9.90 Å². The fraction of sp³-hybridized carbons (Fsp3) is 0.233. The highest BCUT2D eigenvalue weighted by molar-refractivity contribution is 5.91. The third kappa shape index (κ3) is 6.92. The quantitative estimate of drug-likeness (QED) is 0.283. The summed E-state index contributed by atoms with van der Waals surface area (Å²) in [6, 6.07) is 25.4. The molecule has 3 aromatic carbocycles. The number of H-pyrrole nitrogens is 1. The maximum absolute atomic E-state index is 11.4. The van der Waals surface area contributed by atoms with Gasteiger partial charge >= 0.3 is 0 Å². The second-order valence-corrected chi connectivity index (χ2v) is 8.80. The number of aliphatic hydroxyl groups is 1. The normalized spacial score (nSPS) is 11.5. The molecular weight excluding hydrogens is 434 g/mol. The number of amides is 1. The molecule has 1 aromatic heterocycles. The van der Waals surface area contributed by atoms with Gasteiger partial charge in [-0.2, -0.15) is 0 Å². The molecule has 0 saturated carbocycles. The molecule has 180 valence electrons. The molecule has 0 aliphatic carbocycles. The molecule has 4 aromatic rings. The first kappa shape index (κ1) is 24.5. The molecule has 1 amide bonds. The van der Waals surface area contributed by atoms with Crippen LogP contribution in [0.15, 0.2) is 85.1 Å². The van der Waals surface area contributed by atoms with Crippen molar-refractivity contribution >= 4 is 22.9 Å². The van der Waals surface area contributed by atoms with Crippen molar-refractivity contribution in [2.24, 2.45) is 0 Å². The van der Waals surface area contributed by atoms with E-state index in [1.807, 2.05) is 24.3 Å². The SMILES string of the molecule is CNC(=O)/C=C/c1ccc(Cc2cccc(CN(CCO)CCc3c[nH]c4ccccc34)c2)cc1. The number of likely N-dealkylation sites (N-methyl/N-ethyl adjacent to an activating group) is 1. The number of hydrogen-bond donors (Lipinski definition) is 3. The van der Waals surface area contributed by atoms with Crippen LogP contribution >= 0.6 is 0 Å².